The lowest BCUT2D eigenvalue weighted by Crippen LogP contribution is -2.26. The lowest BCUT2D eigenvalue weighted by Gasteiger charge is -2.15. The van der Waals surface area contributed by atoms with Gasteiger partial charge in [0.1, 0.15) is 11.6 Å². The molecule has 1 aromatic heterocycles. The normalized spacial score (nSPS) is 11.7. The van der Waals surface area contributed by atoms with E-state index in [4.69, 9.17) is 4.74 Å². The van der Waals surface area contributed by atoms with Crippen LogP contribution < -0.4 is 10.1 Å². The SMILES string of the molecule is COc1ccc(C(C)NC(=O)c2ccc(-c3ccncc3)c(F)c2)cc1. The number of ether oxygens (including phenoxy) is 1. The summed E-state index contributed by atoms with van der Waals surface area (Å²) in [6.45, 7) is 1.88. The van der Waals surface area contributed by atoms with Gasteiger partial charge in [0, 0.05) is 23.5 Å². The van der Waals surface area contributed by atoms with Crippen molar-refractivity contribution in [3.8, 4) is 16.9 Å². The Morgan fingerprint density at radius 2 is 1.77 bits per heavy atom. The fraction of sp³-hybridized carbons (Fsp3) is 0.143. The number of amides is 1. The molecule has 0 aliphatic carbocycles. The number of hydrogen-bond acceptors (Lipinski definition) is 3. The van der Waals surface area contributed by atoms with Gasteiger partial charge in [-0.25, -0.2) is 4.39 Å². The van der Waals surface area contributed by atoms with Crippen LogP contribution in [-0.2, 0) is 0 Å². The molecule has 1 unspecified atom stereocenters. The second kappa shape index (κ2) is 7.78. The Hall–Kier alpha value is -3.21. The molecule has 0 fully saturated rings. The second-order valence-electron chi connectivity index (χ2n) is 5.90. The predicted molar refractivity (Wildman–Crippen MR) is 98.5 cm³/mol. The molecule has 2 aromatic carbocycles. The molecule has 3 aromatic rings. The summed E-state index contributed by atoms with van der Waals surface area (Å²) < 4.78 is 19.6. The third-order valence-electron chi connectivity index (χ3n) is 4.19. The van der Waals surface area contributed by atoms with Gasteiger partial charge >= 0.3 is 0 Å². The quantitative estimate of drug-likeness (QED) is 0.743. The molecule has 0 aliphatic rings. The zero-order chi connectivity index (χ0) is 18.5. The smallest absolute Gasteiger partial charge is 0.251 e. The van der Waals surface area contributed by atoms with Crippen molar-refractivity contribution in [2.75, 3.05) is 7.11 Å². The number of carbonyl (C=O) groups is 1. The monoisotopic (exact) mass is 350 g/mol. The molecule has 0 aliphatic heterocycles. The van der Waals surface area contributed by atoms with E-state index >= 15 is 0 Å². The van der Waals surface area contributed by atoms with Crippen LogP contribution >= 0.6 is 0 Å². The van der Waals surface area contributed by atoms with Crippen molar-refractivity contribution >= 4 is 5.91 Å². The van der Waals surface area contributed by atoms with Crippen LogP contribution in [0.2, 0.25) is 0 Å². The molecular weight excluding hydrogens is 331 g/mol. The summed E-state index contributed by atoms with van der Waals surface area (Å²) in [4.78, 5) is 16.4. The van der Waals surface area contributed by atoms with Gasteiger partial charge in [0.05, 0.1) is 13.2 Å². The van der Waals surface area contributed by atoms with Crippen molar-refractivity contribution in [3.63, 3.8) is 0 Å². The molecule has 4 nitrogen and oxygen atoms in total. The highest BCUT2D eigenvalue weighted by atomic mass is 19.1. The van der Waals surface area contributed by atoms with E-state index in [0.29, 0.717) is 5.56 Å². The molecule has 26 heavy (non-hydrogen) atoms. The number of nitrogens with zero attached hydrogens (tertiary/aromatic N) is 1. The van der Waals surface area contributed by atoms with E-state index in [-0.39, 0.29) is 17.5 Å². The summed E-state index contributed by atoms with van der Waals surface area (Å²) in [6, 6.07) is 15.2. The molecule has 5 heteroatoms. The maximum absolute atomic E-state index is 14.4. The molecular formula is C21H19FN2O2. The summed E-state index contributed by atoms with van der Waals surface area (Å²) >= 11 is 0. The maximum Gasteiger partial charge on any atom is 0.251 e. The van der Waals surface area contributed by atoms with Gasteiger partial charge in [-0.1, -0.05) is 18.2 Å². The molecule has 0 spiro atoms. The number of aromatic nitrogens is 1. The highest BCUT2D eigenvalue weighted by Gasteiger charge is 2.14. The van der Waals surface area contributed by atoms with E-state index < -0.39 is 5.82 Å². The van der Waals surface area contributed by atoms with Crippen molar-refractivity contribution in [2.24, 2.45) is 0 Å². The van der Waals surface area contributed by atoms with Gasteiger partial charge in [0.25, 0.3) is 5.91 Å². The van der Waals surface area contributed by atoms with Crippen LogP contribution in [0.15, 0.2) is 67.0 Å². The van der Waals surface area contributed by atoms with Crippen LogP contribution in [0.25, 0.3) is 11.1 Å². The minimum atomic E-state index is -0.444. The lowest BCUT2D eigenvalue weighted by atomic mass is 10.0. The first kappa shape index (κ1) is 17.6. The maximum atomic E-state index is 14.4. The minimum Gasteiger partial charge on any atom is -0.497 e. The number of rotatable bonds is 5. The van der Waals surface area contributed by atoms with Crippen molar-refractivity contribution in [1.29, 1.82) is 0 Å². The van der Waals surface area contributed by atoms with Crippen LogP contribution in [0.3, 0.4) is 0 Å². The highest BCUT2D eigenvalue weighted by molar-refractivity contribution is 5.95. The third-order valence-corrected chi connectivity index (χ3v) is 4.19. The van der Waals surface area contributed by atoms with Gasteiger partial charge in [-0.3, -0.25) is 9.78 Å². The topological polar surface area (TPSA) is 51.2 Å². The van der Waals surface area contributed by atoms with Gasteiger partial charge in [0.2, 0.25) is 0 Å². The first-order valence-corrected chi connectivity index (χ1v) is 8.23. The van der Waals surface area contributed by atoms with E-state index in [0.717, 1.165) is 16.9 Å². The summed E-state index contributed by atoms with van der Waals surface area (Å²) in [5.41, 5.74) is 2.37. The number of halogens is 1. The summed E-state index contributed by atoms with van der Waals surface area (Å²) in [5.74, 6) is -0.0181. The molecule has 3 rings (SSSR count). The number of benzene rings is 2. The van der Waals surface area contributed by atoms with E-state index in [1.165, 1.54) is 6.07 Å². The summed E-state index contributed by atoms with van der Waals surface area (Å²) in [7, 11) is 1.60. The summed E-state index contributed by atoms with van der Waals surface area (Å²) in [5, 5.41) is 2.88. The van der Waals surface area contributed by atoms with Gasteiger partial charge in [0.15, 0.2) is 0 Å². The Morgan fingerprint density at radius 3 is 2.38 bits per heavy atom. The van der Waals surface area contributed by atoms with E-state index in [2.05, 4.69) is 10.3 Å². The van der Waals surface area contributed by atoms with Crippen LogP contribution in [0.1, 0.15) is 28.9 Å². The number of pyridine rings is 1. The first-order chi connectivity index (χ1) is 12.6. The average molecular weight is 350 g/mol. The highest BCUT2D eigenvalue weighted by Crippen LogP contribution is 2.23. The van der Waals surface area contributed by atoms with Gasteiger partial charge in [-0.05, 0) is 54.4 Å². The first-order valence-electron chi connectivity index (χ1n) is 8.23. The van der Waals surface area contributed by atoms with Gasteiger partial charge < -0.3 is 10.1 Å². The Balaban J connectivity index is 1.74. The Bertz CT molecular complexity index is 896. The molecule has 1 N–H and O–H groups in total. The molecule has 132 valence electrons. The molecule has 0 radical (unpaired) electrons. The lowest BCUT2D eigenvalue weighted by molar-refractivity contribution is 0.0939. The zero-order valence-electron chi connectivity index (χ0n) is 14.6. The van der Waals surface area contributed by atoms with Crippen molar-refractivity contribution in [2.45, 2.75) is 13.0 Å². The predicted octanol–water partition coefficient (Wildman–Crippen LogP) is 4.39. The average Bonchev–Trinajstić information content (AvgIpc) is 2.68. The fourth-order valence-electron chi connectivity index (χ4n) is 2.68. The van der Waals surface area contributed by atoms with E-state index in [9.17, 15) is 9.18 Å². The Morgan fingerprint density at radius 1 is 1.08 bits per heavy atom. The molecule has 1 amide bonds. The fourth-order valence-corrected chi connectivity index (χ4v) is 2.68. The van der Waals surface area contributed by atoms with Crippen molar-refractivity contribution in [1.82, 2.24) is 10.3 Å². The van der Waals surface area contributed by atoms with Crippen LogP contribution in [0, 0.1) is 5.82 Å². The van der Waals surface area contributed by atoms with Gasteiger partial charge in [-0.15, -0.1) is 0 Å². The molecule has 0 saturated carbocycles. The molecule has 1 atom stereocenters. The van der Waals surface area contributed by atoms with Crippen LogP contribution in [0.5, 0.6) is 5.75 Å². The van der Waals surface area contributed by atoms with Crippen molar-refractivity contribution in [3.05, 3.63) is 83.9 Å². The molecule has 0 bridgehead atoms. The molecule has 0 saturated heterocycles. The summed E-state index contributed by atoms with van der Waals surface area (Å²) in [6.07, 6.45) is 3.21. The van der Waals surface area contributed by atoms with Gasteiger partial charge in [-0.2, -0.15) is 0 Å². The second-order valence-corrected chi connectivity index (χ2v) is 5.90. The molecule has 1 heterocycles. The number of methoxy groups -OCH3 is 1. The van der Waals surface area contributed by atoms with Crippen molar-refractivity contribution < 1.29 is 13.9 Å². The number of hydrogen-bond donors (Lipinski definition) is 1. The number of nitrogens with one attached hydrogen (secondary N) is 1. The minimum absolute atomic E-state index is 0.212. The largest absolute Gasteiger partial charge is 0.497 e. The number of carbonyl (C=O) groups excluding carboxylic acids is 1. The third kappa shape index (κ3) is 3.88. The standard InChI is InChI=1S/C21H19FN2O2/c1-14(15-3-6-18(26-2)7-4-15)24-21(25)17-5-8-19(20(22)13-17)16-9-11-23-12-10-16/h3-14H,1-2H3,(H,24,25). The van der Waals surface area contributed by atoms with E-state index in [1.54, 1.807) is 43.8 Å². The zero-order valence-corrected chi connectivity index (χ0v) is 14.6. The Labute approximate surface area is 151 Å². The van der Waals surface area contributed by atoms with Crippen LogP contribution in [-0.4, -0.2) is 18.0 Å². The Kier molecular flexibility index (Phi) is 5.27. The van der Waals surface area contributed by atoms with E-state index in [1.807, 2.05) is 31.2 Å². The van der Waals surface area contributed by atoms with Crippen LogP contribution in [0.4, 0.5) is 4.39 Å².